The predicted octanol–water partition coefficient (Wildman–Crippen LogP) is 3.66. The molecule has 0 bridgehead atoms. The summed E-state index contributed by atoms with van der Waals surface area (Å²) in [6.07, 6.45) is 2.82. The molecule has 0 aromatic heterocycles. The van der Waals surface area contributed by atoms with Crippen LogP contribution in [0.3, 0.4) is 0 Å². The molecule has 0 radical (unpaired) electrons. The molecule has 2 nitrogen and oxygen atoms in total. The lowest BCUT2D eigenvalue weighted by Crippen LogP contribution is -2.40. The zero-order chi connectivity index (χ0) is 14.9. The van der Waals surface area contributed by atoms with Gasteiger partial charge in [0.25, 0.3) is 5.91 Å². The van der Waals surface area contributed by atoms with Crippen LogP contribution in [0.4, 0.5) is 13.2 Å². The highest BCUT2D eigenvalue weighted by molar-refractivity contribution is 5.94. The van der Waals surface area contributed by atoms with Crippen molar-refractivity contribution in [3.8, 4) is 0 Å². The molecule has 5 heteroatoms. The van der Waals surface area contributed by atoms with Crippen LogP contribution in [-0.2, 0) is 0 Å². The van der Waals surface area contributed by atoms with Crippen molar-refractivity contribution in [1.82, 2.24) is 5.32 Å². The topological polar surface area (TPSA) is 29.1 Å². The summed E-state index contributed by atoms with van der Waals surface area (Å²) in [6.45, 7) is 4.23. The van der Waals surface area contributed by atoms with E-state index < -0.39 is 23.4 Å². The Hall–Kier alpha value is -1.52. The van der Waals surface area contributed by atoms with E-state index in [9.17, 15) is 18.0 Å². The van der Waals surface area contributed by atoms with Crippen LogP contribution in [0.15, 0.2) is 12.1 Å². The highest BCUT2D eigenvalue weighted by Crippen LogP contribution is 2.28. The first-order valence-electron chi connectivity index (χ1n) is 6.82. The summed E-state index contributed by atoms with van der Waals surface area (Å²) in [5.41, 5.74) is -0.188. The molecule has 2 rings (SSSR count). The molecular formula is C15H18F3NO. The number of amides is 1. The van der Waals surface area contributed by atoms with Gasteiger partial charge in [0.05, 0.1) is 0 Å². The maximum absolute atomic E-state index is 13.1. The van der Waals surface area contributed by atoms with Crippen molar-refractivity contribution in [1.29, 1.82) is 0 Å². The first-order valence-corrected chi connectivity index (χ1v) is 6.82. The van der Waals surface area contributed by atoms with Crippen LogP contribution in [0.25, 0.3) is 0 Å². The van der Waals surface area contributed by atoms with E-state index in [1.165, 1.54) is 0 Å². The van der Waals surface area contributed by atoms with E-state index in [0.717, 1.165) is 31.4 Å². The normalized spacial score (nSPS) is 26.4. The molecule has 1 aromatic carbocycles. The van der Waals surface area contributed by atoms with Crippen molar-refractivity contribution < 1.29 is 18.0 Å². The Kier molecular flexibility index (Phi) is 4.35. The molecule has 0 saturated heterocycles. The lowest BCUT2D eigenvalue weighted by atomic mass is 9.80. The molecule has 1 aromatic rings. The molecule has 2 atom stereocenters. The minimum Gasteiger partial charge on any atom is -0.349 e. The summed E-state index contributed by atoms with van der Waals surface area (Å²) < 4.78 is 39.1. The third kappa shape index (κ3) is 3.32. The maximum atomic E-state index is 13.1. The van der Waals surface area contributed by atoms with Crippen molar-refractivity contribution in [2.45, 2.75) is 39.2 Å². The first-order chi connectivity index (χ1) is 9.36. The Balaban J connectivity index is 2.08. The van der Waals surface area contributed by atoms with Gasteiger partial charge >= 0.3 is 0 Å². The molecule has 1 N–H and O–H groups in total. The summed E-state index contributed by atoms with van der Waals surface area (Å²) in [4.78, 5) is 12.0. The van der Waals surface area contributed by atoms with Crippen LogP contribution in [-0.4, -0.2) is 11.9 Å². The molecule has 20 heavy (non-hydrogen) atoms. The van der Waals surface area contributed by atoms with Crippen LogP contribution in [0.2, 0.25) is 0 Å². The van der Waals surface area contributed by atoms with Gasteiger partial charge in [0, 0.05) is 11.6 Å². The van der Waals surface area contributed by atoms with Gasteiger partial charge in [-0.2, -0.15) is 0 Å². The third-order valence-corrected chi connectivity index (χ3v) is 3.76. The molecule has 0 heterocycles. The largest absolute Gasteiger partial charge is 0.349 e. The Morgan fingerprint density at radius 1 is 1.05 bits per heavy atom. The number of hydrogen-bond acceptors (Lipinski definition) is 1. The molecule has 1 amide bonds. The fourth-order valence-electron chi connectivity index (χ4n) is 3.02. The van der Waals surface area contributed by atoms with Crippen LogP contribution in [0.1, 0.15) is 43.5 Å². The molecule has 0 spiro atoms. The van der Waals surface area contributed by atoms with Crippen molar-refractivity contribution in [2.75, 3.05) is 0 Å². The van der Waals surface area contributed by atoms with Gasteiger partial charge < -0.3 is 5.32 Å². The summed E-state index contributed by atoms with van der Waals surface area (Å²) >= 11 is 0. The Bertz CT molecular complexity index is 485. The molecule has 2 unspecified atom stereocenters. The number of hydrogen-bond donors (Lipinski definition) is 1. The van der Waals surface area contributed by atoms with Crippen LogP contribution in [0.5, 0.6) is 0 Å². The van der Waals surface area contributed by atoms with Crippen LogP contribution in [0, 0.1) is 29.3 Å². The third-order valence-electron chi connectivity index (χ3n) is 3.76. The van der Waals surface area contributed by atoms with E-state index in [2.05, 4.69) is 19.2 Å². The van der Waals surface area contributed by atoms with Gasteiger partial charge in [0.15, 0.2) is 17.5 Å². The number of rotatable bonds is 2. The second-order valence-corrected chi connectivity index (χ2v) is 5.84. The minimum absolute atomic E-state index is 0.00238. The van der Waals surface area contributed by atoms with Gasteiger partial charge in [-0.15, -0.1) is 0 Å². The number of nitrogens with one attached hydrogen (secondary N) is 1. The highest BCUT2D eigenvalue weighted by atomic mass is 19.2. The van der Waals surface area contributed by atoms with Crippen molar-refractivity contribution in [3.05, 3.63) is 35.1 Å². The fourth-order valence-corrected chi connectivity index (χ4v) is 3.02. The van der Waals surface area contributed by atoms with E-state index in [1.807, 2.05) is 0 Å². The molecule has 1 aliphatic carbocycles. The van der Waals surface area contributed by atoms with Gasteiger partial charge in [-0.25, -0.2) is 13.2 Å². The van der Waals surface area contributed by atoms with Crippen LogP contribution < -0.4 is 5.32 Å². The zero-order valence-corrected chi connectivity index (χ0v) is 11.6. The Morgan fingerprint density at radius 2 is 1.55 bits per heavy atom. The van der Waals surface area contributed by atoms with Gasteiger partial charge in [0.2, 0.25) is 0 Å². The fraction of sp³-hybridized carbons (Fsp3) is 0.533. The molecule has 1 aliphatic rings. The van der Waals surface area contributed by atoms with E-state index in [4.69, 9.17) is 0 Å². The predicted molar refractivity (Wildman–Crippen MR) is 69.7 cm³/mol. The Morgan fingerprint density at radius 3 is 2.05 bits per heavy atom. The number of carbonyl (C=O) groups excluding carboxylic acids is 1. The summed E-state index contributed by atoms with van der Waals surface area (Å²) in [5.74, 6) is -3.80. The second kappa shape index (κ2) is 5.85. The average molecular weight is 285 g/mol. The SMILES string of the molecule is CC1CC(C)CC(NC(=O)c2cc(F)c(F)c(F)c2)C1. The molecule has 110 valence electrons. The standard InChI is InChI=1S/C15H18F3NO/c1-8-3-9(2)5-11(4-8)19-15(20)10-6-12(16)14(18)13(17)7-10/h6-9,11H,3-5H2,1-2H3,(H,19,20). The van der Waals surface area contributed by atoms with Gasteiger partial charge in [-0.05, 0) is 43.2 Å². The number of halogens is 3. The minimum atomic E-state index is -1.55. The summed E-state index contributed by atoms with van der Waals surface area (Å²) in [5, 5.41) is 2.78. The van der Waals surface area contributed by atoms with Crippen molar-refractivity contribution >= 4 is 5.91 Å². The zero-order valence-electron chi connectivity index (χ0n) is 11.6. The number of carbonyl (C=O) groups is 1. The van der Waals surface area contributed by atoms with E-state index >= 15 is 0 Å². The van der Waals surface area contributed by atoms with Gasteiger partial charge in [-0.3, -0.25) is 4.79 Å². The summed E-state index contributed by atoms with van der Waals surface area (Å²) in [6, 6.07) is 1.45. The van der Waals surface area contributed by atoms with Gasteiger partial charge in [0.1, 0.15) is 0 Å². The van der Waals surface area contributed by atoms with Crippen molar-refractivity contribution in [3.63, 3.8) is 0 Å². The summed E-state index contributed by atoms with van der Waals surface area (Å²) in [7, 11) is 0. The monoisotopic (exact) mass is 285 g/mol. The quantitative estimate of drug-likeness (QED) is 0.826. The molecule has 0 aliphatic heterocycles. The van der Waals surface area contributed by atoms with E-state index in [0.29, 0.717) is 11.8 Å². The van der Waals surface area contributed by atoms with Crippen molar-refractivity contribution in [2.24, 2.45) is 11.8 Å². The lowest BCUT2D eigenvalue weighted by molar-refractivity contribution is 0.0910. The van der Waals surface area contributed by atoms with Crippen LogP contribution >= 0.6 is 0 Å². The maximum Gasteiger partial charge on any atom is 0.251 e. The second-order valence-electron chi connectivity index (χ2n) is 5.84. The molecule has 1 saturated carbocycles. The molecule has 1 fully saturated rings. The first kappa shape index (κ1) is 14.9. The molecular weight excluding hydrogens is 267 g/mol. The highest BCUT2D eigenvalue weighted by Gasteiger charge is 2.26. The van der Waals surface area contributed by atoms with E-state index in [-0.39, 0.29) is 11.6 Å². The average Bonchev–Trinajstić information content (AvgIpc) is 2.33. The lowest BCUT2D eigenvalue weighted by Gasteiger charge is -2.32. The number of benzene rings is 1. The smallest absolute Gasteiger partial charge is 0.251 e. The Labute approximate surface area is 116 Å². The van der Waals surface area contributed by atoms with Gasteiger partial charge in [-0.1, -0.05) is 13.8 Å². The van der Waals surface area contributed by atoms with E-state index in [1.54, 1.807) is 0 Å².